The molecule has 1 aliphatic carbocycles. The molecule has 0 saturated heterocycles. The van der Waals surface area contributed by atoms with Crippen molar-refractivity contribution in [3.63, 3.8) is 0 Å². The first-order chi connectivity index (χ1) is 16.1. The minimum Gasteiger partial charge on any atom is -0.452 e. The maximum absolute atomic E-state index is 13.8. The average molecular weight is 459 g/mol. The number of carbonyl (C=O) groups is 2. The van der Waals surface area contributed by atoms with Crippen LogP contribution in [0.1, 0.15) is 32.9 Å². The number of esters is 1. The van der Waals surface area contributed by atoms with Gasteiger partial charge in [-0.2, -0.15) is 0 Å². The van der Waals surface area contributed by atoms with Crippen LogP contribution in [0.15, 0.2) is 66.0 Å². The highest BCUT2D eigenvalue weighted by Gasteiger charge is 2.28. The van der Waals surface area contributed by atoms with E-state index in [2.05, 4.69) is 11.4 Å². The van der Waals surface area contributed by atoms with Crippen molar-refractivity contribution in [2.24, 2.45) is 0 Å². The molecule has 0 bridgehead atoms. The molecule has 33 heavy (non-hydrogen) atoms. The van der Waals surface area contributed by atoms with Crippen LogP contribution in [0, 0.1) is 5.82 Å². The van der Waals surface area contributed by atoms with Gasteiger partial charge in [0.2, 0.25) is 0 Å². The lowest BCUT2D eigenvalue weighted by Gasteiger charge is -2.12. The third kappa shape index (κ3) is 4.27. The highest BCUT2D eigenvalue weighted by Crippen LogP contribution is 2.38. The number of hydrogen-bond donors (Lipinski definition) is 1. The van der Waals surface area contributed by atoms with Crippen LogP contribution in [0.3, 0.4) is 0 Å². The van der Waals surface area contributed by atoms with Gasteiger partial charge in [0.1, 0.15) is 5.82 Å². The molecule has 0 fully saturated rings. The molecular formula is C26H19FN2O3S. The number of thiophene rings is 1. The Morgan fingerprint density at radius 3 is 2.70 bits per heavy atom. The highest BCUT2D eigenvalue weighted by atomic mass is 32.1. The van der Waals surface area contributed by atoms with Gasteiger partial charge in [-0.1, -0.05) is 36.4 Å². The van der Waals surface area contributed by atoms with Gasteiger partial charge in [0.25, 0.3) is 5.91 Å². The number of aromatic nitrogens is 1. The van der Waals surface area contributed by atoms with Crippen LogP contribution in [-0.2, 0) is 16.0 Å². The third-order valence-corrected chi connectivity index (χ3v) is 6.31. The second-order valence-corrected chi connectivity index (χ2v) is 8.60. The summed E-state index contributed by atoms with van der Waals surface area (Å²) in [6.45, 7) is -0.517. The molecule has 2 aromatic heterocycles. The first-order valence-corrected chi connectivity index (χ1v) is 11.4. The monoisotopic (exact) mass is 458 g/mol. The van der Waals surface area contributed by atoms with Gasteiger partial charge in [-0.3, -0.25) is 4.79 Å². The van der Waals surface area contributed by atoms with Crippen LogP contribution in [0.2, 0.25) is 0 Å². The summed E-state index contributed by atoms with van der Waals surface area (Å²) < 4.78 is 19.1. The zero-order valence-corrected chi connectivity index (χ0v) is 18.3. The standard InChI is InChI=1S/C26H19FN2O3S/c27-20-8-2-4-10-22(20)28-23(30)15-32-26(31)24-18-7-1-3-9-21(18)29-25-16(11-12-19(24)25)14-17-6-5-13-33-17/h1-10,13-14H,11-12,15H2,(H,28,30). The summed E-state index contributed by atoms with van der Waals surface area (Å²) in [6.07, 6.45) is 3.54. The number of amides is 1. The van der Waals surface area contributed by atoms with Crippen molar-refractivity contribution < 1.29 is 18.7 Å². The van der Waals surface area contributed by atoms with E-state index >= 15 is 0 Å². The Balaban J connectivity index is 1.43. The molecule has 1 amide bonds. The molecule has 0 aliphatic heterocycles. The largest absolute Gasteiger partial charge is 0.452 e. The molecule has 0 unspecified atom stereocenters. The number of pyridine rings is 1. The second-order valence-electron chi connectivity index (χ2n) is 7.62. The topological polar surface area (TPSA) is 68.3 Å². The number of para-hydroxylation sites is 2. The Labute approximate surface area is 193 Å². The molecule has 164 valence electrons. The van der Waals surface area contributed by atoms with Gasteiger partial charge >= 0.3 is 5.97 Å². The zero-order valence-electron chi connectivity index (χ0n) is 17.5. The molecule has 0 atom stereocenters. The summed E-state index contributed by atoms with van der Waals surface area (Å²) in [4.78, 5) is 31.4. The summed E-state index contributed by atoms with van der Waals surface area (Å²) in [5, 5.41) is 5.13. The fraction of sp³-hybridized carbons (Fsp3) is 0.115. The van der Waals surface area contributed by atoms with E-state index in [1.54, 1.807) is 17.4 Å². The van der Waals surface area contributed by atoms with Crippen LogP contribution in [-0.4, -0.2) is 23.5 Å². The summed E-state index contributed by atoms with van der Waals surface area (Å²) in [6, 6.07) is 17.3. The highest BCUT2D eigenvalue weighted by molar-refractivity contribution is 7.10. The van der Waals surface area contributed by atoms with E-state index in [4.69, 9.17) is 9.72 Å². The molecule has 1 aliphatic rings. The number of nitrogens with one attached hydrogen (secondary N) is 1. The van der Waals surface area contributed by atoms with Crippen molar-refractivity contribution >= 4 is 51.5 Å². The molecule has 1 N–H and O–H groups in total. The van der Waals surface area contributed by atoms with Gasteiger partial charge in [-0.25, -0.2) is 14.2 Å². The Kier molecular flexibility index (Phi) is 5.71. The van der Waals surface area contributed by atoms with Crippen molar-refractivity contribution in [1.29, 1.82) is 0 Å². The van der Waals surface area contributed by atoms with Crippen molar-refractivity contribution in [2.75, 3.05) is 11.9 Å². The Hall–Kier alpha value is -3.84. The van der Waals surface area contributed by atoms with E-state index in [1.165, 1.54) is 18.2 Å². The Morgan fingerprint density at radius 1 is 1.06 bits per heavy atom. The van der Waals surface area contributed by atoms with Gasteiger partial charge in [-0.15, -0.1) is 11.3 Å². The van der Waals surface area contributed by atoms with E-state index in [0.717, 1.165) is 28.1 Å². The maximum Gasteiger partial charge on any atom is 0.339 e. The minimum absolute atomic E-state index is 0.0390. The molecule has 4 aromatic rings. The number of ether oxygens (including phenoxy) is 1. The van der Waals surface area contributed by atoms with Gasteiger partial charge in [0.05, 0.1) is 22.5 Å². The molecule has 7 heteroatoms. The number of halogens is 1. The number of carbonyl (C=O) groups excluding carboxylic acids is 2. The number of fused-ring (bicyclic) bond motifs is 2. The van der Waals surface area contributed by atoms with Crippen molar-refractivity contribution in [3.8, 4) is 0 Å². The van der Waals surface area contributed by atoms with E-state index in [9.17, 15) is 14.0 Å². The molecule has 0 saturated carbocycles. The number of nitrogens with zero attached hydrogens (tertiary/aromatic N) is 1. The molecule has 0 radical (unpaired) electrons. The van der Waals surface area contributed by atoms with Crippen LogP contribution >= 0.6 is 11.3 Å². The van der Waals surface area contributed by atoms with Crippen LogP contribution in [0.25, 0.3) is 22.6 Å². The number of benzene rings is 2. The lowest BCUT2D eigenvalue weighted by atomic mass is 10.0. The quantitative estimate of drug-likeness (QED) is 0.389. The molecule has 5 nitrogen and oxygen atoms in total. The van der Waals surface area contributed by atoms with Crippen molar-refractivity contribution in [3.05, 3.63) is 93.6 Å². The fourth-order valence-electron chi connectivity index (χ4n) is 4.01. The normalized spacial score (nSPS) is 13.8. The predicted octanol–water partition coefficient (Wildman–Crippen LogP) is 5.72. The van der Waals surface area contributed by atoms with E-state index in [-0.39, 0.29) is 5.69 Å². The lowest BCUT2D eigenvalue weighted by Crippen LogP contribution is -2.22. The molecule has 0 spiro atoms. The van der Waals surface area contributed by atoms with Gasteiger partial charge in [0, 0.05) is 10.3 Å². The molecular weight excluding hydrogens is 439 g/mol. The first kappa shape index (κ1) is 21.0. The lowest BCUT2D eigenvalue weighted by molar-refractivity contribution is -0.119. The molecule has 2 heterocycles. The first-order valence-electron chi connectivity index (χ1n) is 10.5. The Bertz CT molecular complexity index is 1400. The smallest absolute Gasteiger partial charge is 0.339 e. The maximum atomic E-state index is 13.8. The Morgan fingerprint density at radius 2 is 1.88 bits per heavy atom. The van der Waals surface area contributed by atoms with E-state index in [1.807, 2.05) is 41.8 Å². The van der Waals surface area contributed by atoms with Gasteiger partial charge < -0.3 is 10.1 Å². The fourth-order valence-corrected chi connectivity index (χ4v) is 4.69. The van der Waals surface area contributed by atoms with Crippen LogP contribution in [0.4, 0.5) is 10.1 Å². The average Bonchev–Trinajstić information content (AvgIpc) is 3.48. The van der Waals surface area contributed by atoms with E-state index in [0.29, 0.717) is 22.9 Å². The van der Waals surface area contributed by atoms with Crippen molar-refractivity contribution in [2.45, 2.75) is 12.8 Å². The predicted molar refractivity (Wildman–Crippen MR) is 128 cm³/mol. The van der Waals surface area contributed by atoms with Gasteiger partial charge in [-0.05, 0) is 59.7 Å². The summed E-state index contributed by atoms with van der Waals surface area (Å²) >= 11 is 1.64. The minimum atomic E-state index is -0.610. The molecule has 5 rings (SSSR count). The summed E-state index contributed by atoms with van der Waals surface area (Å²) in [5.74, 6) is -1.76. The third-order valence-electron chi connectivity index (χ3n) is 5.49. The molecule has 2 aromatic carbocycles. The summed E-state index contributed by atoms with van der Waals surface area (Å²) in [7, 11) is 0. The summed E-state index contributed by atoms with van der Waals surface area (Å²) in [5.41, 5.74) is 3.87. The SMILES string of the molecule is O=C(COC(=O)c1c2c(nc3ccccc13)C(=Cc1cccs1)CC2)Nc1ccccc1F. The van der Waals surface area contributed by atoms with E-state index < -0.39 is 24.3 Å². The zero-order chi connectivity index (χ0) is 22.8. The number of anilines is 1. The van der Waals surface area contributed by atoms with Crippen LogP contribution in [0.5, 0.6) is 0 Å². The number of allylic oxidation sites excluding steroid dienone is 1. The number of hydrogen-bond acceptors (Lipinski definition) is 5. The van der Waals surface area contributed by atoms with Gasteiger partial charge in [0.15, 0.2) is 6.61 Å². The second kappa shape index (κ2) is 8.96. The van der Waals surface area contributed by atoms with Crippen molar-refractivity contribution in [1.82, 2.24) is 4.98 Å². The number of rotatable bonds is 5. The van der Waals surface area contributed by atoms with Crippen LogP contribution < -0.4 is 5.32 Å².